The Morgan fingerprint density at radius 3 is 2.43 bits per heavy atom. The van der Waals surface area contributed by atoms with Gasteiger partial charge in [0.05, 0.1) is 11.4 Å². The minimum Gasteiger partial charge on any atom is -0.341 e. The van der Waals surface area contributed by atoms with Gasteiger partial charge in [-0.05, 0) is 42.5 Å². The standard InChI is InChI=1S/C27H33N5O4S/c1-28-27(34)32-16-15-31-23-17-19(26(33)29-37(35,36)30(2)3)13-14-20(23)24(18-9-5-4-6-10-18)25(31)21-11-7-8-12-22(21)32/h7-8,11-14,17-18H,4-6,9-10,15-16H2,1-3H3,(H,28,34)(H,29,33). The molecule has 0 radical (unpaired) electrons. The molecular weight excluding hydrogens is 490 g/mol. The first-order valence-electron chi connectivity index (χ1n) is 12.7. The van der Waals surface area contributed by atoms with Gasteiger partial charge in [-0.1, -0.05) is 43.5 Å². The molecule has 3 amide bonds. The number of benzene rings is 2. The van der Waals surface area contributed by atoms with Crippen molar-refractivity contribution in [2.45, 2.75) is 44.6 Å². The second-order valence-corrected chi connectivity index (χ2v) is 11.8. The molecular formula is C27H33N5O4S. The fourth-order valence-corrected chi connectivity index (χ4v) is 6.22. The van der Waals surface area contributed by atoms with Crippen molar-refractivity contribution < 1.29 is 18.0 Å². The van der Waals surface area contributed by atoms with Gasteiger partial charge in [-0.15, -0.1) is 0 Å². The summed E-state index contributed by atoms with van der Waals surface area (Å²) in [5.74, 6) is -0.299. The quantitative estimate of drug-likeness (QED) is 0.538. The Balaban J connectivity index is 1.72. The maximum atomic E-state index is 12.9. The lowest BCUT2D eigenvalue weighted by Gasteiger charge is -2.25. The molecule has 37 heavy (non-hydrogen) atoms. The number of anilines is 1. The Kier molecular flexibility index (Phi) is 6.72. The lowest BCUT2D eigenvalue weighted by molar-refractivity contribution is 0.0979. The second kappa shape index (κ2) is 9.83. The molecule has 1 aromatic heterocycles. The van der Waals surface area contributed by atoms with Crippen LogP contribution in [0.4, 0.5) is 10.5 Å². The zero-order valence-electron chi connectivity index (χ0n) is 21.5. The number of carbonyl (C=O) groups excluding carboxylic acids is 2. The van der Waals surface area contributed by atoms with Crippen LogP contribution in [0.25, 0.3) is 22.2 Å². The number of rotatable bonds is 4. The van der Waals surface area contributed by atoms with Crippen molar-refractivity contribution in [1.82, 2.24) is 18.9 Å². The van der Waals surface area contributed by atoms with E-state index in [-0.39, 0.29) is 11.6 Å². The summed E-state index contributed by atoms with van der Waals surface area (Å²) in [6, 6.07) is 13.2. The molecule has 3 aromatic rings. The van der Waals surface area contributed by atoms with Crippen LogP contribution in [-0.2, 0) is 16.8 Å². The van der Waals surface area contributed by atoms with E-state index in [1.165, 1.54) is 38.9 Å². The summed E-state index contributed by atoms with van der Waals surface area (Å²) in [4.78, 5) is 27.5. The van der Waals surface area contributed by atoms with Crippen LogP contribution in [0.2, 0.25) is 0 Å². The molecule has 2 aliphatic rings. The van der Waals surface area contributed by atoms with Gasteiger partial charge in [-0.2, -0.15) is 12.7 Å². The molecule has 2 aromatic carbocycles. The van der Waals surface area contributed by atoms with Gasteiger partial charge in [0.25, 0.3) is 5.91 Å². The van der Waals surface area contributed by atoms with Gasteiger partial charge >= 0.3 is 16.2 Å². The molecule has 1 fully saturated rings. The summed E-state index contributed by atoms with van der Waals surface area (Å²) in [6.45, 7) is 1.00. The van der Waals surface area contributed by atoms with Crippen molar-refractivity contribution in [2.75, 3.05) is 32.6 Å². The van der Waals surface area contributed by atoms with Crippen LogP contribution in [0.15, 0.2) is 42.5 Å². The topological polar surface area (TPSA) is 104 Å². The molecule has 9 nitrogen and oxygen atoms in total. The van der Waals surface area contributed by atoms with Crippen molar-refractivity contribution in [1.29, 1.82) is 0 Å². The maximum absolute atomic E-state index is 12.9. The van der Waals surface area contributed by atoms with Crippen molar-refractivity contribution in [3.8, 4) is 11.3 Å². The van der Waals surface area contributed by atoms with E-state index in [9.17, 15) is 18.0 Å². The number of amides is 3. The summed E-state index contributed by atoms with van der Waals surface area (Å²) in [5.41, 5.74) is 5.33. The number of hydrogen-bond donors (Lipinski definition) is 2. The molecule has 1 aliphatic carbocycles. The van der Waals surface area contributed by atoms with Crippen LogP contribution in [0.5, 0.6) is 0 Å². The molecule has 10 heteroatoms. The molecule has 196 valence electrons. The van der Waals surface area contributed by atoms with E-state index in [0.717, 1.165) is 45.0 Å². The predicted molar refractivity (Wildman–Crippen MR) is 145 cm³/mol. The number of para-hydroxylation sites is 1. The van der Waals surface area contributed by atoms with Gasteiger partial charge in [0.1, 0.15) is 0 Å². The number of hydrogen-bond acceptors (Lipinski definition) is 4. The third-order valence-corrected chi connectivity index (χ3v) is 8.94. The SMILES string of the molecule is CNC(=O)N1CCn2c(c(C3CCCCC3)c3ccc(C(=O)NS(=O)(=O)N(C)C)cc32)-c2ccccc21. The Bertz CT molecular complexity index is 1470. The zero-order chi connectivity index (χ0) is 26.3. The Morgan fingerprint density at radius 1 is 1.00 bits per heavy atom. The highest BCUT2D eigenvalue weighted by Gasteiger charge is 2.32. The van der Waals surface area contributed by atoms with Crippen LogP contribution in [0.1, 0.15) is 53.9 Å². The van der Waals surface area contributed by atoms with Gasteiger partial charge in [0.2, 0.25) is 0 Å². The van der Waals surface area contributed by atoms with Crippen molar-refractivity contribution in [3.05, 3.63) is 53.6 Å². The van der Waals surface area contributed by atoms with Crippen molar-refractivity contribution >= 4 is 38.7 Å². The number of nitrogens with zero attached hydrogens (tertiary/aromatic N) is 3. The largest absolute Gasteiger partial charge is 0.341 e. The average molecular weight is 524 g/mol. The highest BCUT2D eigenvalue weighted by Crippen LogP contribution is 2.47. The molecule has 2 N–H and O–H groups in total. The molecule has 1 saturated carbocycles. The summed E-state index contributed by atoms with van der Waals surface area (Å²) < 4.78 is 29.9. The van der Waals surface area contributed by atoms with Crippen molar-refractivity contribution in [2.24, 2.45) is 0 Å². The summed E-state index contributed by atoms with van der Waals surface area (Å²) in [7, 11) is 0.459. The summed E-state index contributed by atoms with van der Waals surface area (Å²) in [6.07, 6.45) is 5.76. The first kappa shape index (κ1) is 25.3. The fraction of sp³-hybridized carbons (Fsp3) is 0.407. The number of carbonyl (C=O) groups is 2. The highest BCUT2D eigenvalue weighted by molar-refractivity contribution is 7.87. The maximum Gasteiger partial charge on any atom is 0.321 e. The molecule has 0 unspecified atom stereocenters. The van der Waals surface area contributed by atoms with Gasteiger partial charge in [0.15, 0.2) is 0 Å². The Labute approximate surface area is 217 Å². The predicted octanol–water partition coefficient (Wildman–Crippen LogP) is 4.05. The lowest BCUT2D eigenvalue weighted by Crippen LogP contribution is -2.39. The first-order valence-corrected chi connectivity index (χ1v) is 14.2. The first-order chi connectivity index (χ1) is 17.7. The van der Waals surface area contributed by atoms with E-state index in [4.69, 9.17) is 0 Å². The van der Waals surface area contributed by atoms with Crippen LogP contribution in [-0.4, -0.2) is 56.9 Å². The third kappa shape index (κ3) is 4.48. The monoisotopic (exact) mass is 523 g/mol. The molecule has 1 aliphatic heterocycles. The number of aromatic nitrogens is 1. The van der Waals surface area contributed by atoms with Crippen LogP contribution < -0.4 is 14.9 Å². The van der Waals surface area contributed by atoms with Gasteiger partial charge in [-0.25, -0.2) is 9.52 Å². The van der Waals surface area contributed by atoms with Gasteiger partial charge in [0, 0.05) is 56.3 Å². The molecule has 0 saturated heterocycles. The van der Waals surface area contributed by atoms with E-state index in [1.54, 1.807) is 24.1 Å². The van der Waals surface area contributed by atoms with Crippen LogP contribution in [0, 0.1) is 0 Å². The highest BCUT2D eigenvalue weighted by atomic mass is 32.2. The molecule has 5 rings (SSSR count). The second-order valence-electron chi connectivity index (χ2n) is 9.92. The molecule has 2 heterocycles. The van der Waals surface area contributed by atoms with E-state index in [1.807, 2.05) is 24.3 Å². The van der Waals surface area contributed by atoms with E-state index >= 15 is 0 Å². The molecule has 0 spiro atoms. The normalized spacial score (nSPS) is 16.3. The van der Waals surface area contributed by atoms with Gasteiger partial charge in [-0.3, -0.25) is 9.69 Å². The number of nitrogens with one attached hydrogen (secondary N) is 2. The van der Waals surface area contributed by atoms with E-state index in [2.05, 4.69) is 20.7 Å². The van der Waals surface area contributed by atoms with E-state index in [0.29, 0.717) is 19.0 Å². The average Bonchev–Trinajstić information content (AvgIpc) is 3.12. The Hall–Kier alpha value is -3.37. The zero-order valence-corrected chi connectivity index (χ0v) is 22.3. The van der Waals surface area contributed by atoms with Gasteiger partial charge < -0.3 is 9.88 Å². The fourth-order valence-electron chi connectivity index (χ4n) is 5.69. The Morgan fingerprint density at radius 2 is 1.73 bits per heavy atom. The third-order valence-electron chi connectivity index (χ3n) is 7.54. The smallest absolute Gasteiger partial charge is 0.321 e. The molecule has 0 bridgehead atoms. The molecule has 0 atom stereocenters. The summed E-state index contributed by atoms with van der Waals surface area (Å²) in [5, 5.41) is 3.84. The number of urea groups is 1. The van der Waals surface area contributed by atoms with Crippen molar-refractivity contribution in [3.63, 3.8) is 0 Å². The van der Waals surface area contributed by atoms with Crippen LogP contribution in [0.3, 0.4) is 0 Å². The minimum absolute atomic E-state index is 0.171. The summed E-state index contributed by atoms with van der Waals surface area (Å²) >= 11 is 0. The lowest BCUT2D eigenvalue weighted by atomic mass is 9.81. The minimum atomic E-state index is -3.92. The van der Waals surface area contributed by atoms with E-state index < -0.39 is 16.1 Å². The number of fused-ring (bicyclic) bond motifs is 5. The van der Waals surface area contributed by atoms with Crippen LogP contribution >= 0.6 is 0 Å².